The molecule has 1 aliphatic heterocycles. The number of rotatable bonds is 5. The predicted molar refractivity (Wildman–Crippen MR) is 97.5 cm³/mol. The van der Waals surface area contributed by atoms with Crippen molar-refractivity contribution in [1.82, 2.24) is 14.7 Å². The van der Waals surface area contributed by atoms with Crippen LogP contribution >= 0.6 is 0 Å². The van der Waals surface area contributed by atoms with Crippen LogP contribution in [0.4, 0.5) is 5.69 Å². The lowest BCUT2D eigenvalue weighted by Gasteiger charge is -2.29. The van der Waals surface area contributed by atoms with Gasteiger partial charge in [-0.2, -0.15) is 5.10 Å². The Hall–Kier alpha value is -2.67. The Morgan fingerprint density at radius 2 is 1.96 bits per heavy atom. The number of nitrogens with one attached hydrogen (secondary N) is 1. The third-order valence-electron chi connectivity index (χ3n) is 4.35. The van der Waals surface area contributed by atoms with Crippen molar-refractivity contribution in [2.75, 3.05) is 11.9 Å². The minimum atomic E-state index is -0.981. The fourth-order valence-corrected chi connectivity index (χ4v) is 3.04. The first kappa shape index (κ1) is 18.1. The molecule has 0 saturated carbocycles. The van der Waals surface area contributed by atoms with Crippen molar-refractivity contribution in [2.45, 2.75) is 39.5 Å². The van der Waals surface area contributed by atoms with E-state index >= 15 is 0 Å². The van der Waals surface area contributed by atoms with Crippen molar-refractivity contribution in [3.05, 3.63) is 47.8 Å². The second-order valence-electron chi connectivity index (χ2n) is 6.97. The molecule has 2 heterocycles. The summed E-state index contributed by atoms with van der Waals surface area (Å²) >= 11 is 0. The predicted octanol–water partition coefficient (Wildman–Crippen LogP) is 1.88. The van der Waals surface area contributed by atoms with Crippen molar-refractivity contribution in [2.24, 2.45) is 5.92 Å². The summed E-state index contributed by atoms with van der Waals surface area (Å²) in [5.74, 6) is -0.296. The Kier molecular flexibility index (Phi) is 5.37. The van der Waals surface area contributed by atoms with E-state index < -0.39 is 6.10 Å². The fraction of sp³-hybridized carbons (Fsp3) is 0.421. The van der Waals surface area contributed by atoms with Crippen molar-refractivity contribution in [3.63, 3.8) is 0 Å². The average Bonchev–Trinajstić information content (AvgIpc) is 3.04. The SMILES string of the molecule is CC(C)CC(O)C(=O)N1CCn2nc(C(=O)Nc3ccccc3)cc2C1. The van der Waals surface area contributed by atoms with E-state index in [0.717, 1.165) is 5.69 Å². The topological polar surface area (TPSA) is 87.5 Å². The first-order chi connectivity index (χ1) is 12.4. The van der Waals surface area contributed by atoms with Crippen LogP contribution in [-0.4, -0.2) is 44.3 Å². The lowest BCUT2D eigenvalue weighted by atomic mass is 10.0. The highest BCUT2D eigenvalue weighted by Crippen LogP contribution is 2.17. The molecule has 0 spiro atoms. The summed E-state index contributed by atoms with van der Waals surface area (Å²) in [7, 11) is 0. The van der Waals surface area contributed by atoms with Gasteiger partial charge in [0.05, 0.1) is 18.8 Å². The Morgan fingerprint density at radius 1 is 1.23 bits per heavy atom. The summed E-state index contributed by atoms with van der Waals surface area (Å²) in [4.78, 5) is 26.4. The van der Waals surface area contributed by atoms with Crippen LogP contribution in [0.25, 0.3) is 0 Å². The number of nitrogens with zero attached hydrogens (tertiary/aromatic N) is 3. The number of hydrogen-bond donors (Lipinski definition) is 2. The molecule has 138 valence electrons. The maximum Gasteiger partial charge on any atom is 0.276 e. The quantitative estimate of drug-likeness (QED) is 0.856. The lowest BCUT2D eigenvalue weighted by molar-refractivity contribution is -0.142. The third kappa shape index (κ3) is 4.11. The monoisotopic (exact) mass is 356 g/mol. The molecule has 1 unspecified atom stereocenters. The van der Waals surface area contributed by atoms with Gasteiger partial charge < -0.3 is 15.3 Å². The number of aliphatic hydroxyl groups is 1. The summed E-state index contributed by atoms with van der Waals surface area (Å²) in [6.45, 7) is 5.27. The molecule has 7 heteroatoms. The van der Waals surface area contributed by atoms with E-state index in [1.54, 1.807) is 15.6 Å². The summed E-state index contributed by atoms with van der Waals surface area (Å²) in [5, 5.41) is 17.2. The zero-order chi connectivity index (χ0) is 18.7. The second-order valence-corrected chi connectivity index (χ2v) is 6.97. The van der Waals surface area contributed by atoms with Crippen LogP contribution in [0, 0.1) is 5.92 Å². The van der Waals surface area contributed by atoms with Gasteiger partial charge >= 0.3 is 0 Å². The number of amides is 2. The van der Waals surface area contributed by atoms with Gasteiger partial charge in [-0.3, -0.25) is 14.3 Å². The molecule has 1 atom stereocenters. The lowest BCUT2D eigenvalue weighted by Crippen LogP contribution is -2.44. The zero-order valence-electron chi connectivity index (χ0n) is 15.1. The van der Waals surface area contributed by atoms with Crippen LogP contribution in [-0.2, 0) is 17.9 Å². The van der Waals surface area contributed by atoms with E-state index in [1.807, 2.05) is 44.2 Å². The Labute approximate surface area is 152 Å². The minimum absolute atomic E-state index is 0.248. The summed E-state index contributed by atoms with van der Waals surface area (Å²) in [6, 6.07) is 10.9. The number of aliphatic hydroxyl groups excluding tert-OH is 1. The van der Waals surface area contributed by atoms with Gasteiger partial charge in [-0.15, -0.1) is 0 Å². The minimum Gasteiger partial charge on any atom is -0.383 e. The highest BCUT2D eigenvalue weighted by atomic mass is 16.3. The summed E-state index contributed by atoms with van der Waals surface area (Å²) in [6.07, 6.45) is -0.537. The summed E-state index contributed by atoms with van der Waals surface area (Å²) < 4.78 is 1.75. The number of hydrogen-bond acceptors (Lipinski definition) is 4. The smallest absolute Gasteiger partial charge is 0.276 e. The van der Waals surface area contributed by atoms with E-state index in [0.29, 0.717) is 37.4 Å². The van der Waals surface area contributed by atoms with Gasteiger partial charge in [0.15, 0.2) is 5.69 Å². The Bertz CT molecular complexity index is 785. The highest BCUT2D eigenvalue weighted by molar-refractivity contribution is 6.02. The number of aromatic nitrogens is 2. The van der Waals surface area contributed by atoms with Gasteiger partial charge in [-0.25, -0.2) is 0 Å². The van der Waals surface area contributed by atoms with E-state index in [4.69, 9.17) is 0 Å². The van der Waals surface area contributed by atoms with Crippen LogP contribution in [0.3, 0.4) is 0 Å². The molecule has 0 radical (unpaired) electrons. The van der Waals surface area contributed by atoms with Crippen LogP contribution in [0.1, 0.15) is 36.5 Å². The van der Waals surface area contributed by atoms with E-state index in [1.165, 1.54) is 0 Å². The molecule has 1 aromatic carbocycles. The van der Waals surface area contributed by atoms with Crippen molar-refractivity contribution in [3.8, 4) is 0 Å². The molecule has 26 heavy (non-hydrogen) atoms. The normalized spacial score (nSPS) is 14.8. The third-order valence-corrected chi connectivity index (χ3v) is 4.35. The first-order valence-electron chi connectivity index (χ1n) is 8.84. The molecule has 2 amide bonds. The van der Waals surface area contributed by atoms with Crippen molar-refractivity contribution >= 4 is 17.5 Å². The number of fused-ring (bicyclic) bond motifs is 1. The second kappa shape index (κ2) is 7.70. The fourth-order valence-electron chi connectivity index (χ4n) is 3.04. The van der Waals surface area contributed by atoms with Gasteiger partial charge in [-0.1, -0.05) is 32.0 Å². The molecule has 0 aliphatic carbocycles. The number of carbonyl (C=O) groups is 2. The number of anilines is 1. The number of para-hydroxylation sites is 1. The van der Waals surface area contributed by atoms with Crippen LogP contribution in [0.5, 0.6) is 0 Å². The Morgan fingerprint density at radius 3 is 2.65 bits per heavy atom. The van der Waals surface area contributed by atoms with Gasteiger partial charge in [0.25, 0.3) is 11.8 Å². The van der Waals surface area contributed by atoms with Gasteiger partial charge in [0.1, 0.15) is 6.10 Å². The van der Waals surface area contributed by atoms with E-state index in [-0.39, 0.29) is 17.7 Å². The molecular weight excluding hydrogens is 332 g/mol. The van der Waals surface area contributed by atoms with Crippen molar-refractivity contribution < 1.29 is 14.7 Å². The number of carbonyl (C=O) groups excluding carboxylic acids is 2. The van der Waals surface area contributed by atoms with Crippen LogP contribution in [0.15, 0.2) is 36.4 Å². The van der Waals surface area contributed by atoms with Gasteiger partial charge in [0, 0.05) is 12.2 Å². The van der Waals surface area contributed by atoms with Crippen LogP contribution < -0.4 is 5.32 Å². The van der Waals surface area contributed by atoms with E-state index in [9.17, 15) is 14.7 Å². The highest BCUT2D eigenvalue weighted by Gasteiger charge is 2.28. The molecule has 3 rings (SSSR count). The maximum atomic E-state index is 12.4. The summed E-state index contributed by atoms with van der Waals surface area (Å²) in [5.41, 5.74) is 1.82. The van der Waals surface area contributed by atoms with Crippen LogP contribution in [0.2, 0.25) is 0 Å². The molecule has 2 N–H and O–H groups in total. The molecule has 1 aliphatic rings. The van der Waals surface area contributed by atoms with Gasteiger partial charge in [0.2, 0.25) is 0 Å². The first-order valence-corrected chi connectivity index (χ1v) is 8.84. The molecule has 7 nitrogen and oxygen atoms in total. The van der Waals surface area contributed by atoms with E-state index in [2.05, 4.69) is 10.4 Å². The molecule has 0 fully saturated rings. The molecule has 1 aromatic heterocycles. The molecule has 0 saturated heterocycles. The van der Waals surface area contributed by atoms with Gasteiger partial charge in [-0.05, 0) is 30.5 Å². The average molecular weight is 356 g/mol. The largest absolute Gasteiger partial charge is 0.383 e. The molecular formula is C19H24N4O3. The molecule has 0 bridgehead atoms. The Balaban J connectivity index is 1.67. The molecule has 2 aromatic rings. The van der Waals surface area contributed by atoms with Crippen molar-refractivity contribution in [1.29, 1.82) is 0 Å². The standard InChI is InChI=1S/C19H24N4O3/c1-13(2)10-17(24)19(26)22-8-9-23-15(12-22)11-16(21-23)18(25)20-14-6-4-3-5-7-14/h3-7,11,13,17,24H,8-10,12H2,1-2H3,(H,20,25). The number of benzene rings is 1. The maximum absolute atomic E-state index is 12.4. The zero-order valence-corrected chi connectivity index (χ0v) is 15.1.